The fourth-order valence-electron chi connectivity index (χ4n) is 5.54. The molecule has 4 N–H and O–H groups in total. The zero-order valence-corrected chi connectivity index (χ0v) is 20.8. The molecule has 1 aromatic heterocycles. The van der Waals surface area contributed by atoms with Crippen LogP contribution >= 0.6 is 0 Å². The summed E-state index contributed by atoms with van der Waals surface area (Å²) in [6.45, 7) is -0.827. The summed E-state index contributed by atoms with van der Waals surface area (Å²) in [6, 6.07) is 0.231. The minimum Gasteiger partial charge on any atom is -0.482 e. The second-order valence-electron chi connectivity index (χ2n) is 10.4. The first kappa shape index (κ1) is 29.3. The molecular formula is C24H30F6N4O5. The number of nitrogens with zero attached hydrogens (tertiary/aromatic N) is 1. The predicted molar refractivity (Wildman–Crippen MR) is 122 cm³/mol. The predicted octanol–water partition coefficient (Wildman–Crippen LogP) is 2.23. The van der Waals surface area contributed by atoms with Crippen LogP contribution in [0.4, 0.5) is 26.3 Å². The van der Waals surface area contributed by atoms with E-state index in [2.05, 4.69) is 20.9 Å². The van der Waals surface area contributed by atoms with Crippen LogP contribution in [0.1, 0.15) is 50.6 Å². The summed E-state index contributed by atoms with van der Waals surface area (Å²) < 4.78 is 86.9. The molecule has 1 aliphatic heterocycles. The van der Waals surface area contributed by atoms with Crippen LogP contribution in [0.25, 0.3) is 0 Å². The van der Waals surface area contributed by atoms with Crippen molar-refractivity contribution in [3.63, 3.8) is 0 Å². The molecule has 0 aromatic carbocycles. The van der Waals surface area contributed by atoms with Crippen molar-refractivity contribution in [2.24, 2.45) is 0 Å². The largest absolute Gasteiger partial charge is 0.482 e. The number of ether oxygens (including phenoxy) is 2. The molecule has 3 atom stereocenters. The third-order valence-electron chi connectivity index (χ3n) is 7.73. The molecular weight excluding hydrogens is 538 g/mol. The Morgan fingerprint density at radius 1 is 1.03 bits per heavy atom. The molecule has 3 aliphatic carbocycles. The number of halogens is 6. The highest BCUT2D eigenvalue weighted by Gasteiger charge is 2.55. The van der Waals surface area contributed by atoms with Gasteiger partial charge in [0.2, 0.25) is 5.91 Å². The fraction of sp³-hybridized carbons (Fsp3) is 0.708. The first-order valence-corrected chi connectivity index (χ1v) is 12.6. The van der Waals surface area contributed by atoms with E-state index in [4.69, 9.17) is 9.47 Å². The number of pyridine rings is 1. The lowest BCUT2D eigenvalue weighted by molar-refractivity contribution is -0.166. The van der Waals surface area contributed by atoms with Crippen molar-refractivity contribution in [3.8, 4) is 5.75 Å². The number of nitrogens with one attached hydrogen (secondary N) is 3. The highest BCUT2D eigenvalue weighted by Crippen LogP contribution is 2.47. The maximum Gasteiger partial charge on any atom is 0.433 e. The molecule has 2 bridgehead atoms. The van der Waals surface area contributed by atoms with Crippen molar-refractivity contribution in [1.29, 1.82) is 0 Å². The minimum absolute atomic E-state index is 0.00361. The summed E-state index contributed by atoms with van der Waals surface area (Å²) in [6.07, 6.45) is -7.65. The number of amides is 2. The Bertz CT molecular complexity index is 1020. The van der Waals surface area contributed by atoms with Gasteiger partial charge in [0, 0.05) is 12.1 Å². The van der Waals surface area contributed by atoms with Crippen molar-refractivity contribution in [2.45, 2.75) is 86.6 Å². The van der Waals surface area contributed by atoms with Gasteiger partial charge in [0.05, 0.1) is 23.9 Å². The number of alkyl halides is 6. The van der Waals surface area contributed by atoms with Crippen molar-refractivity contribution in [1.82, 2.24) is 20.9 Å². The molecule has 4 fully saturated rings. The van der Waals surface area contributed by atoms with Gasteiger partial charge in [-0.15, -0.1) is 0 Å². The number of hydrogen-bond acceptors (Lipinski definition) is 7. The highest BCUT2D eigenvalue weighted by molar-refractivity contribution is 5.79. The van der Waals surface area contributed by atoms with Gasteiger partial charge in [0.1, 0.15) is 24.1 Å². The van der Waals surface area contributed by atoms with Crippen LogP contribution in [-0.4, -0.2) is 77.2 Å². The number of piperidine rings is 1. The second kappa shape index (κ2) is 11.1. The Kier molecular flexibility index (Phi) is 8.34. The molecule has 5 rings (SSSR count). The molecule has 2 amide bonds. The monoisotopic (exact) mass is 568 g/mol. The number of aliphatic hydroxyl groups excluding tert-OH is 1. The van der Waals surface area contributed by atoms with Crippen LogP contribution in [0, 0.1) is 0 Å². The SMILES string of the molecule is O=C(COc1ccc(C(F)(F)F)nc1)NC12CCC(NC(=O)COC3CCC(C(F)(F)F)NC3)(CC1)[C@@H](O)C2. The lowest BCUT2D eigenvalue weighted by Gasteiger charge is -2.56. The molecule has 4 aliphatic rings. The smallest absolute Gasteiger partial charge is 0.433 e. The zero-order valence-electron chi connectivity index (χ0n) is 20.8. The van der Waals surface area contributed by atoms with Gasteiger partial charge in [-0.3, -0.25) is 9.59 Å². The summed E-state index contributed by atoms with van der Waals surface area (Å²) in [5.74, 6) is -0.997. The van der Waals surface area contributed by atoms with Gasteiger partial charge in [-0.25, -0.2) is 4.98 Å². The van der Waals surface area contributed by atoms with E-state index < -0.39 is 65.8 Å². The van der Waals surface area contributed by atoms with E-state index >= 15 is 0 Å². The second-order valence-corrected chi connectivity index (χ2v) is 10.4. The molecule has 0 radical (unpaired) electrons. The molecule has 1 saturated heterocycles. The van der Waals surface area contributed by atoms with Gasteiger partial charge in [0.25, 0.3) is 5.91 Å². The van der Waals surface area contributed by atoms with E-state index in [9.17, 15) is 41.0 Å². The maximum absolute atomic E-state index is 12.8. The number of carbonyl (C=O) groups is 2. The molecule has 9 nitrogen and oxygen atoms in total. The van der Waals surface area contributed by atoms with Crippen LogP contribution in [0.2, 0.25) is 0 Å². The van der Waals surface area contributed by atoms with Crippen molar-refractivity contribution in [3.05, 3.63) is 24.0 Å². The quantitative estimate of drug-likeness (QED) is 0.355. The van der Waals surface area contributed by atoms with E-state index in [0.29, 0.717) is 25.7 Å². The Hall–Kier alpha value is -2.65. The summed E-state index contributed by atoms with van der Waals surface area (Å²) in [5.41, 5.74) is -2.70. The summed E-state index contributed by atoms with van der Waals surface area (Å²) >= 11 is 0. The average Bonchev–Trinajstić information content (AvgIpc) is 2.87. The number of rotatable bonds is 8. The van der Waals surface area contributed by atoms with E-state index in [1.807, 2.05) is 0 Å². The zero-order chi connectivity index (χ0) is 28.5. The lowest BCUT2D eigenvalue weighted by Crippen LogP contribution is -2.70. The first-order chi connectivity index (χ1) is 18.2. The first-order valence-electron chi connectivity index (χ1n) is 12.6. The van der Waals surface area contributed by atoms with Gasteiger partial charge in [-0.05, 0) is 57.1 Å². The molecule has 0 spiro atoms. The summed E-state index contributed by atoms with van der Waals surface area (Å²) in [7, 11) is 0. The van der Waals surface area contributed by atoms with Crippen LogP contribution in [0.15, 0.2) is 18.3 Å². The average molecular weight is 569 g/mol. The van der Waals surface area contributed by atoms with Crippen LogP contribution < -0.4 is 20.7 Å². The summed E-state index contributed by atoms with van der Waals surface area (Å²) in [5, 5.41) is 18.9. The molecule has 15 heteroatoms. The third kappa shape index (κ3) is 7.11. The Morgan fingerprint density at radius 3 is 2.26 bits per heavy atom. The Morgan fingerprint density at radius 2 is 1.72 bits per heavy atom. The molecule has 2 unspecified atom stereocenters. The van der Waals surface area contributed by atoms with Crippen molar-refractivity contribution < 1.29 is 50.5 Å². The van der Waals surface area contributed by atoms with E-state index in [1.54, 1.807) is 0 Å². The molecule has 218 valence electrons. The van der Waals surface area contributed by atoms with E-state index in [1.165, 1.54) is 0 Å². The standard InChI is InChI=1S/C24H30F6N4O5/c25-23(26,27)16-3-1-14(10-31-16)38-12-19(36)33-21-5-7-22(8-6-21,18(35)9-21)34-20(37)13-39-15-2-4-17(32-11-15)24(28,29)30/h1,3,10,15,17-18,32,35H,2,4-9,11-13H2,(H,33,36)(H,34,37)/t15?,17?,18-,21?,22?/m0/s1. The molecule has 2 heterocycles. The van der Waals surface area contributed by atoms with Crippen molar-refractivity contribution >= 4 is 11.8 Å². The Labute approximate surface area is 220 Å². The summed E-state index contributed by atoms with van der Waals surface area (Å²) in [4.78, 5) is 28.3. The lowest BCUT2D eigenvalue weighted by atomic mass is 9.60. The van der Waals surface area contributed by atoms with Crippen LogP contribution in [0.3, 0.4) is 0 Å². The number of aliphatic hydroxyl groups is 1. The van der Waals surface area contributed by atoms with Gasteiger partial charge in [-0.2, -0.15) is 26.3 Å². The maximum atomic E-state index is 12.8. The minimum atomic E-state index is -4.59. The van der Waals surface area contributed by atoms with Crippen molar-refractivity contribution in [2.75, 3.05) is 19.8 Å². The van der Waals surface area contributed by atoms with Gasteiger partial charge >= 0.3 is 12.4 Å². The van der Waals surface area contributed by atoms with Gasteiger partial charge < -0.3 is 30.5 Å². The van der Waals surface area contributed by atoms with Crippen LogP contribution in [0.5, 0.6) is 5.75 Å². The van der Waals surface area contributed by atoms with Crippen LogP contribution in [-0.2, 0) is 20.5 Å². The van der Waals surface area contributed by atoms with E-state index in [-0.39, 0.29) is 38.2 Å². The van der Waals surface area contributed by atoms with Gasteiger partial charge in [-0.1, -0.05) is 0 Å². The topological polar surface area (TPSA) is 122 Å². The highest BCUT2D eigenvalue weighted by atomic mass is 19.4. The number of carbonyl (C=O) groups excluding carboxylic acids is 2. The molecule has 3 saturated carbocycles. The van der Waals surface area contributed by atoms with E-state index in [0.717, 1.165) is 18.3 Å². The normalized spacial score (nSPS) is 31.0. The molecule has 1 aromatic rings. The number of fused-ring (bicyclic) bond motifs is 3. The van der Waals surface area contributed by atoms with Gasteiger partial charge in [0.15, 0.2) is 6.61 Å². The number of hydrogen-bond donors (Lipinski definition) is 4. The number of aromatic nitrogens is 1. The molecule has 39 heavy (non-hydrogen) atoms. The Balaban J connectivity index is 1.21. The third-order valence-corrected chi connectivity index (χ3v) is 7.73. The fourth-order valence-corrected chi connectivity index (χ4v) is 5.54.